The Hall–Kier alpha value is -0.650. The van der Waals surface area contributed by atoms with Gasteiger partial charge in [-0.05, 0) is 54.9 Å². The number of ether oxygens (including phenoxy) is 3. The van der Waals surface area contributed by atoms with E-state index in [0.717, 1.165) is 0 Å². The Kier molecular flexibility index (Phi) is 9.09. The topological polar surface area (TPSA) is 56.8 Å². The number of esters is 1. The maximum absolute atomic E-state index is 12.1. The third kappa shape index (κ3) is 9.82. The first-order chi connectivity index (χ1) is 9.60. The first-order valence-corrected chi connectivity index (χ1v) is 7.77. The molecular weight excluding hydrogens is 270 g/mol. The van der Waals surface area contributed by atoms with Gasteiger partial charge in [0.2, 0.25) is 0 Å². The van der Waals surface area contributed by atoms with Crippen molar-refractivity contribution in [3.8, 4) is 0 Å². The van der Waals surface area contributed by atoms with Crippen molar-refractivity contribution in [2.75, 3.05) is 26.4 Å². The van der Waals surface area contributed by atoms with E-state index in [-0.39, 0.29) is 17.6 Å². The Bertz CT molecular complexity index is 299. The zero-order valence-corrected chi connectivity index (χ0v) is 14.7. The van der Waals surface area contributed by atoms with Crippen LogP contribution in [0.4, 0.5) is 0 Å². The maximum Gasteiger partial charge on any atom is 0.326 e. The average molecular weight is 303 g/mol. The van der Waals surface area contributed by atoms with Crippen molar-refractivity contribution in [3.63, 3.8) is 0 Å². The summed E-state index contributed by atoms with van der Waals surface area (Å²) in [7, 11) is 0. The van der Waals surface area contributed by atoms with Gasteiger partial charge in [0, 0.05) is 12.6 Å². The van der Waals surface area contributed by atoms with Crippen molar-refractivity contribution in [3.05, 3.63) is 0 Å². The van der Waals surface area contributed by atoms with Gasteiger partial charge >= 0.3 is 5.97 Å². The highest BCUT2D eigenvalue weighted by molar-refractivity contribution is 5.80. The van der Waals surface area contributed by atoms with E-state index in [1.165, 1.54) is 0 Å². The molecule has 0 amide bonds. The van der Waals surface area contributed by atoms with Crippen molar-refractivity contribution in [2.24, 2.45) is 0 Å². The number of rotatable bonds is 10. The maximum atomic E-state index is 12.1. The van der Waals surface area contributed by atoms with Gasteiger partial charge in [0.25, 0.3) is 0 Å². The minimum atomic E-state index is -0.713. The lowest BCUT2D eigenvalue weighted by molar-refractivity contribution is -0.151. The first kappa shape index (κ1) is 20.3. The molecule has 0 fully saturated rings. The van der Waals surface area contributed by atoms with Gasteiger partial charge < -0.3 is 14.2 Å². The average Bonchev–Trinajstić information content (AvgIpc) is 2.31. The molecule has 0 bridgehead atoms. The minimum absolute atomic E-state index is 0.151. The van der Waals surface area contributed by atoms with Crippen LogP contribution in [0.3, 0.4) is 0 Å². The van der Waals surface area contributed by atoms with Crippen molar-refractivity contribution in [1.82, 2.24) is 5.32 Å². The molecular formula is C16H33NO4. The van der Waals surface area contributed by atoms with E-state index in [1.807, 2.05) is 48.5 Å². The Morgan fingerprint density at radius 2 is 1.71 bits per heavy atom. The van der Waals surface area contributed by atoms with E-state index in [0.29, 0.717) is 32.8 Å². The second-order valence-electron chi connectivity index (χ2n) is 6.67. The first-order valence-electron chi connectivity index (χ1n) is 7.77. The second kappa shape index (κ2) is 9.38. The molecule has 5 heteroatoms. The fourth-order valence-corrected chi connectivity index (χ4v) is 1.95. The summed E-state index contributed by atoms with van der Waals surface area (Å²) in [6.07, 6.45) is 0.569. The molecule has 0 saturated carbocycles. The third-order valence-electron chi connectivity index (χ3n) is 2.84. The quantitative estimate of drug-likeness (QED) is 0.496. The van der Waals surface area contributed by atoms with Crippen LogP contribution in [0, 0.1) is 0 Å². The molecule has 0 radical (unpaired) electrons. The standard InChI is InChI=1S/C16H33NO4/c1-8-20-14(18)16(7,17-13(2)3)9-10-19-11-12-21-15(4,5)6/h13,17H,8-12H2,1-7H3. The Labute approximate surface area is 129 Å². The van der Waals surface area contributed by atoms with Gasteiger partial charge in [0.15, 0.2) is 0 Å². The van der Waals surface area contributed by atoms with Crippen LogP contribution in [-0.2, 0) is 19.0 Å². The van der Waals surface area contributed by atoms with Crippen LogP contribution in [0.5, 0.6) is 0 Å². The number of carbonyl (C=O) groups excluding carboxylic acids is 1. The van der Waals surface area contributed by atoms with E-state index in [2.05, 4.69) is 5.32 Å². The van der Waals surface area contributed by atoms with Gasteiger partial charge in [-0.2, -0.15) is 0 Å². The lowest BCUT2D eigenvalue weighted by Crippen LogP contribution is -2.53. The molecule has 1 N–H and O–H groups in total. The summed E-state index contributed by atoms with van der Waals surface area (Å²) in [6.45, 7) is 15.7. The molecule has 0 heterocycles. The highest BCUT2D eigenvalue weighted by Gasteiger charge is 2.34. The van der Waals surface area contributed by atoms with Crippen LogP contribution in [-0.4, -0.2) is 49.6 Å². The SMILES string of the molecule is CCOC(=O)C(C)(CCOCCOC(C)(C)C)NC(C)C. The normalized spacial score (nSPS) is 15.0. The molecule has 1 unspecified atom stereocenters. The summed E-state index contributed by atoms with van der Waals surface area (Å²) in [5.74, 6) is -0.228. The van der Waals surface area contributed by atoms with Crippen LogP contribution in [0.25, 0.3) is 0 Å². The third-order valence-corrected chi connectivity index (χ3v) is 2.84. The minimum Gasteiger partial charge on any atom is -0.465 e. The fraction of sp³-hybridized carbons (Fsp3) is 0.938. The summed E-state index contributed by atoms with van der Waals surface area (Å²) in [4.78, 5) is 12.1. The molecule has 5 nitrogen and oxygen atoms in total. The van der Waals surface area contributed by atoms with Crippen molar-refractivity contribution in [2.45, 2.75) is 72.1 Å². The van der Waals surface area contributed by atoms with Crippen LogP contribution < -0.4 is 5.32 Å². The van der Waals surface area contributed by atoms with E-state index in [4.69, 9.17) is 14.2 Å². The van der Waals surface area contributed by atoms with Crippen LogP contribution >= 0.6 is 0 Å². The lowest BCUT2D eigenvalue weighted by Gasteiger charge is -2.30. The van der Waals surface area contributed by atoms with Gasteiger partial charge in [-0.1, -0.05) is 0 Å². The van der Waals surface area contributed by atoms with Gasteiger partial charge in [-0.15, -0.1) is 0 Å². The van der Waals surface area contributed by atoms with Crippen LogP contribution in [0.15, 0.2) is 0 Å². The molecule has 1 atom stereocenters. The fourth-order valence-electron chi connectivity index (χ4n) is 1.95. The molecule has 0 aromatic heterocycles. The number of hydrogen-bond acceptors (Lipinski definition) is 5. The summed E-state index contributed by atoms with van der Waals surface area (Å²) in [5.41, 5.74) is -0.864. The number of hydrogen-bond donors (Lipinski definition) is 1. The lowest BCUT2D eigenvalue weighted by atomic mass is 9.97. The van der Waals surface area contributed by atoms with Gasteiger partial charge in [-0.25, -0.2) is 0 Å². The molecule has 0 rings (SSSR count). The molecule has 0 spiro atoms. The molecule has 0 saturated heterocycles. The molecule has 126 valence electrons. The zero-order valence-electron chi connectivity index (χ0n) is 14.7. The number of nitrogens with one attached hydrogen (secondary N) is 1. The van der Waals surface area contributed by atoms with Crippen LogP contribution in [0.1, 0.15) is 54.9 Å². The van der Waals surface area contributed by atoms with E-state index >= 15 is 0 Å². The molecule has 0 aliphatic heterocycles. The summed E-state index contributed by atoms with van der Waals surface area (Å²) >= 11 is 0. The van der Waals surface area contributed by atoms with Crippen molar-refractivity contribution in [1.29, 1.82) is 0 Å². The Balaban J connectivity index is 4.16. The van der Waals surface area contributed by atoms with Crippen molar-refractivity contribution >= 4 is 5.97 Å². The molecule has 0 aliphatic rings. The molecule has 0 aromatic carbocycles. The molecule has 21 heavy (non-hydrogen) atoms. The van der Waals surface area contributed by atoms with Gasteiger partial charge in [0.1, 0.15) is 5.54 Å². The van der Waals surface area contributed by atoms with E-state index in [9.17, 15) is 4.79 Å². The zero-order chi connectivity index (χ0) is 16.5. The smallest absolute Gasteiger partial charge is 0.326 e. The van der Waals surface area contributed by atoms with Gasteiger partial charge in [-0.3, -0.25) is 10.1 Å². The van der Waals surface area contributed by atoms with E-state index < -0.39 is 5.54 Å². The van der Waals surface area contributed by atoms with Crippen molar-refractivity contribution < 1.29 is 19.0 Å². The van der Waals surface area contributed by atoms with Gasteiger partial charge in [0.05, 0.1) is 25.4 Å². The molecule has 0 aliphatic carbocycles. The highest BCUT2D eigenvalue weighted by atomic mass is 16.5. The summed E-state index contributed by atoms with van der Waals surface area (Å²) in [6, 6.07) is 0.198. The largest absolute Gasteiger partial charge is 0.465 e. The van der Waals surface area contributed by atoms with Crippen LogP contribution in [0.2, 0.25) is 0 Å². The Morgan fingerprint density at radius 1 is 1.10 bits per heavy atom. The highest BCUT2D eigenvalue weighted by Crippen LogP contribution is 2.14. The predicted molar refractivity (Wildman–Crippen MR) is 84.5 cm³/mol. The summed E-state index contributed by atoms with van der Waals surface area (Å²) in [5, 5.41) is 3.27. The summed E-state index contributed by atoms with van der Waals surface area (Å²) < 4.78 is 16.3. The Morgan fingerprint density at radius 3 is 2.19 bits per heavy atom. The van der Waals surface area contributed by atoms with E-state index in [1.54, 1.807) is 0 Å². The predicted octanol–water partition coefficient (Wildman–Crippen LogP) is 2.53. The number of carbonyl (C=O) groups is 1. The molecule has 0 aromatic rings. The monoisotopic (exact) mass is 303 g/mol. The second-order valence-corrected chi connectivity index (χ2v) is 6.67.